The monoisotopic (exact) mass is 330 g/mol. The topological polar surface area (TPSA) is 42.0 Å². The summed E-state index contributed by atoms with van der Waals surface area (Å²) in [4.78, 5) is 17.9. The number of halogens is 1. The van der Waals surface area contributed by atoms with Crippen molar-refractivity contribution >= 4 is 49.6 Å². The van der Waals surface area contributed by atoms with Crippen LogP contribution in [0.3, 0.4) is 0 Å². The fourth-order valence-corrected chi connectivity index (χ4v) is 3.75. The van der Waals surface area contributed by atoms with Gasteiger partial charge in [0.15, 0.2) is 5.13 Å². The molecule has 2 aromatic heterocycles. The molecule has 1 amide bonds. The Morgan fingerprint density at radius 1 is 1.59 bits per heavy atom. The molecule has 17 heavy (non-hydrogen) atoms. The first-order valence-electron chi connectivity index (χ1n) is 5.19. The van der Waals surface area contributed by atoms with Crippen LogP contribution in [0.1, 0.15) is 27.9 Å². The SMILES string of the molecule is CCCc1sc(C(=O)Nc2nccs2)cc1Br. The third kappa shape index (κ3) is 3.14. The number of hydrogen-bond acceptors (Lipinski definition) is 4. The number of nitrogens with one attached hydrogen (secondary N) is 1. The van der Waals surface area contributed by atoms with Gasteiger partial charge in [-0.05, 0) is 28.4 Å². The van der Waals surface area contributed by atoms with Gasteiger partial charge in [-0.1, -0.05) is 13.3 Å². The highest BCUT2D eigenvalue weighted by Gasteiger charge is 2.13. The fourth-order valence-electron chi connectivity index (χ4n) is 1.36. The van der Waals surface area contributed by atoms with Gasteiger partial charge in [-0.25, -0.2) is 4.98 Å². The van der Waals surface area contributed by atoms with Gasteiger partial charge in [0.25, 0.3) is 5.91 Å². The molecular formula is C11H11BrN2OS2. The first-order chi connectivity index (χ1) is 8.20. The van der Waals surface area contributed by atoms with E-state index < -0.39 is 0 Å². The predicted octanol–water partition coefficient (Wildman–Crippen LogP) is 4.17. The molecule has 0 spiro atoms. The molecule has 6 heteroatoms. The standard InChI is InChI=1S/C11H11BrN2OS2/c1-2-3-8-7(12)6-9(17-8)10(15)14-11-13-4-5-16-11/h4-6H,2-3H2,1H3,(H,13,14,15). The average molecular weight is 331 g/mol. The lowest BCUT2D eigenvalue weighted by Gasteiger charge is -1.97. The summed E-state index contributed by atoms with van der Waals surface area (Å²) < 4.78 is 1.02. The molecule has 2 rings (SSSR count). The molecule has 3 nitrogen and oxygen atoms in total. The van der Waals surface area contributed by atoms with E-state index >= 15 is 0 Å². The first-order valence-corrected chi connectivity index (χ1v) is 7.68. The molecule has 0 aliphatic rings. The lowest BCUT2D eigenvalue weighted by molar-refractivity contribution is 0.103. The van der Waals surface area contributed by atoms with Crippen LogP contribution in [0.4, 0.5) is 5.13 Å². The molecule has 0 saturated heterocycles. The maximum atomic E-state index is 11.9. The molecule has 0 fully saturated rings. The molecule has 0 atom stereocenters. The molecule has 0 aromatic carbocycles. The first kappa shape index (κ1) is 12.7. The third-order valence-electron chi connectivity index (χ3n) is 2.11. The van der Waals surface area contributed by atoms with Crippen LogP contribution in [-0.4, -0.2) is 10.9 Å². The van der Waals surface area contributed by atoms with Crippen LogP contribution in [0, 0.1) is 0 Å². The Balaban J connectivity index is 2.11. The molecule has 1 N–H and O–H groups in total. The fraction of sp³-hybridized carbons (Fsp3) is 0.273. The van der Waals surface area contributed by atoms with Crippen molar-refractivity contribution < 1.29 is 4.79 Å². The van der Waals surface area contributed by atoms with Crippen LogP contribution >= 0.6 is 38.6 Å². The van der Waals surface area contributed by atoms with Gasteiger partial charge in [-0.2, -0.15) is 0 Å². The van der Waals surface area contributed by atoms with Crippen molar-refractivity contribution in [3.8, 4) is 0 Å². The number of nitrogens with zero attached hydrogens (tertiary/aromatic N) is 1. The van der Waals surface area contributed by atoms with Gasteiger partial charge in [-0.3, -0.25) is 10.1 Å². The Morgan fingerprint density at radius 2 is 2.41 bits per heavy atom. The van der Waals surface area contributed by atoms with Gasteiger partial charge in [0.1, 0.15) is 0 Å². The smallest absolute Gasteiger partial charge is 0.267 e. The summed E-state index contributed by atoms with van der Waals surface area (Å²) in [7, 11) is 0. The number of rotatable bonds is 4. The van der Waals surface area contributed by atoms with Crippen molar-refractivity contribution in [1.82, 2.24) is 4.98 Å². The van der Waals surface area contributed by atoms with Crippen molar-refractivity contribution in [2.24, 2.45) is 0 Å². The molecule has 0 radical (unpaired) electrons. The van der Waals surface area contributed by atoms with E-state index in [1.54, 1.807) is 6.20 Å². The zero-order valence-corrected chi connectivity index (χ0v) is 12.4. The Bertz CT molecular complexity index is 508. The maximum Gasteiger partial charge on any atom is 0.267 e. The van der Waals surface area contributed by atoms with Crippen LogP contribution in [-0.2, 0) is 6.42 Å². The van der Waals surface area contributed by atoms with E-state index in [1.165, 1.54) is 27.6 Å². The van der Waals surface area contributed by atoms with Crippen LogP contribution in [0.15, 0.2) is 22.1 Å². The van der Waals surface area contributed by atoms with Crippen LogP contribution < -0.4 is 5.32 Å². The molecule has 90 valence electrons. The van der Waals surface area contributed by atoms with Crippen molar-refractivity contribution in [2.75, 3.05) is 5.32 Å². The molecule has 2 aromatic rings. The molecule has 2 heterocycles. The van der Waals surface area contributed by atoms with Crippen molar-refractivity contribution in [3.63, 3.8) is 0 Å². The lowest BCUT2D eigenvalue weighted by Crippen LogP contribution is -2.09. The summed E-state index contributed by atoms with van der Waals surface area (Å²) in [5.74, 6) is -0.0898. The second kappa shape index (κ2) is 5.75. The van der Waals surface area contributed by atoms with Gasteiger partial charge < -0.3 is 0 Å². The van der Waals surface area contributed by atoms with Crippen LogP contribution in [0.25, 0.3) is 0 Å². The van der Waals surface area contributed by atoms with Gasteiger partial charge in [-0.15, -0.1) is 22.7 Å². The van der Waals surface area contributed by atoms with E-state index in [-0.39, 0.29) is 5.91 Å². The molecule has 0 bridgehead atoms. The summed E-state index contributed by atoms with van der Waals surface area (Å²) >= 11 is 6.43. The second-order valence-corrected chi connectivity index (χ2v) is 6.31. The van der Waals surface area contributed by atoms with Crippen molar-refractivity contribution in [2.45, 2.75) is 19.8 Å². The number of thiophene rings is 1. The zero-order valence-electron chi connectivity index (χ0n) is 9.20. The minimum Gasteiger partial charge on any atom is -0.297 e. The highest BCUT2D eigenvalue weighted by Crippen LogP contribution is 2.29. The number of thiazole rings is 1. The van der Waals surface area contributed by atoms with Gasteiger partial charge in [0.2, 0.25) is 0 Å². The van der Waals surface area contributed by atoms with E-state index in [0.717, 1.165) is 22.2 Å². The Kier molecular flexibility index (Phi) is 4.31. The summed E-state index contributed by atoms with van der Waals surface area (Å²) in [6.45, 7) is 2.13. The highest BCUT2D eigenvalue weighted by atomic mass is 79.9. The Morgan fingerprint density at radius 3 is 3.06 bits per heavy atom. The molecule has 0 aliphatic carbocycles. The van der Waals surface area contributed by atoms with E-state index in [4.69, 9.17) is 0 Å². The Labute approximate surface area is 116 Å². The average Bonchev–Trinajstić information content (AvgIpc) is 2.90. The van der Waals surface area contributed by atoms with E-state index in [2.05, 4.69) is 33.2 Å². The summed E-state index contributed by atoms with van der Waals surface area (Å²) in [6.07, 6.45) is 3.75. The van der Waals surface area contributed by atoms with Gasteiger partial charge in [0, 0.05) is 20.9 Å². The zero-order chi connectivity index (χ0) is 12.3. The number of aryl methyl sites for hydroxylation is 1. The maximum absolute atomic E-state index is 11.9. The number of anilines is 1. The van der Waals surface area contributed by atoms with E-state index in [9.17, 15) is 4.79 Å². The third-order valence-corrected chi connectivity index (χ3v) is 4.96. The molecule has 0 aliphatic heterocycles. The number of aromatic nitrogens is 1. The number of carbonyl (C=O) groups excluding carboxylic acids is 1. The minimum absolute atomic E-state index is 0.0898. The minimum atomic E-state index is -0.0898. The lowest BCUT2D eigenvalue weighted by atomic mass is 10.3. The van der Waals surface area contributed by atoms with Crippen molar-refractivity contribution in [3.05, 3.63) is 31.9 Å². The predicted molar refractivity (Wildman–Crippen MR) is 76.1 cm³/mol. The molecular weight excluding hydrogens is 320 g/mol. The summed E-state index contributed by atoms with van der Waals surface area (Å²) in [5, 5.41) is 5.25. The Hall–Kier alpha value is -0.720. The second-order valence-electron chi connectivity index (χ2n) is 3.42. The van der Waals surface area contributed by atoms with Crippen LogP contribution in [0.5, 0.6) is 0 Å². The largest absolute Gasteiger partial charge is 0.297 e. The highest BCUT2D eigenvalue weighted by molar-refractivity contribution is 9.10. The van der Waals surface area contributed by atoms with E-state index in [1.807, 2.05) is 11.4 Å². The van der Waals surface area contributed by atoms with Crippen molar-refractivity contribution in [1.29, 1.82) is 0 Å². The normalized spacial score (nSPS) is 10.5. The summed E-state index contributed by atoms with van der Waals surface area (Å²) in [5.41, 5.74) is 0. The van der Waals surface area contributed by atoms with Gasteiger partial charge in [0.05, 0.1) is 4.88 Å². The van der Waals surface area contributed by atoms with E-state index in [0.29, 0.717) is 5.13 Å². The number of hydrogen-bond donors (Lipinski definition) is 1. The summed E-state index contributed by atoms with van der Waals surface area (Å²) in [6, 6.07) is 1.87. The number of carbonyl (C=O) groups is 1. The molecule has 0 saturated carbocycles. The van der Waals surface area contributed by atoms with Crippen LogP contribution in [0.2, 0.25) is 0 Å². The molecule has 0 unspecified atom stereocenters. The number of amides is 1. The van der Waals surface area contributed by atoms with Gasteiger partial charge >= 0.3 is 0 Å². The quantitative estimate of drug-likeness (QED) is 0.913.